The molecule has 7 aliphatic rings. The molecule has 2 bridgehead atoms. The summed E-state index contributed by atoms with van der Waals surface area (Å²) in [7, 11) is -4.02. The van der Waals surface area contributed by atoms with Crippen molar-refractivity contribution in [1.82, 2.24) is 30.1 Å². The first-order chi connectivity index (χ1) is 30.9. The smallest absolute Gasteiger partial charge is 0.408 e. The number of benzene rings is 1. The molecule has 4 aliphatic carbocycles. The van der Waals surface area contributed by atoms with Crippen LogP contribution in [0.2, 0.25) is 0 Å². The summed E-state index contributed by atoms with van der Waals surface area (Å²) < 4.78 is 52.9. The molecule has 0 spiro atoms. The minimum Gasteiger partial charge on any atom is -0.491 e. The third-order valence-electron chi connectivity index (χ3n) is 15.2. The van der Waals surface area contributed by atoms with Crippen molar-refractivity contribution in [1.29, 1.82) is 0 Å². The summed E-state index contributed by atoms with van der Waals surface area (Å²) >= 11 is 0. The van der Waals surface area contributed by atoms with Crippen LogP contribution in [0.4, 0.5) is 4.79 Å². The Balaban J connectivity index is 1.05. The van der Waals surface area contributed by atoms with E-state index in [1.807, 2.05) is 24.3 Å². The Morgan fingerprint density at radius 2 is 1.73 bits per heavy atom. The fraction of sp³-hybridized carbons (Fsp3) is 0.681. The van der Waals surface area contributed by atoms with E-state index in [9.17, 15) is 22.8 Å². The molecule has 2 aromatic rings. The van der Waals surface area contributed by atoms with Crippen molar-refractivity contribution in [3.8, 4) is 11.6 Å². The highest BCUT2D eigenvalue weighted by atomic mass is 32.2. The van der Waals surface area contributed by atoms with E-state index >= 15 is 4.79 Å². The van der Waals surface area contributed by atoms with Gasteiger partial charge in [-0.1, -0.05) is 43.9 Å². The van der Waals surface area contributed by atoms with Gasteiger partial charge in [0, 0.05) is 37.4 Å². The molecule has 1 aromatic carbocycles. The maximum absolute atomic E-state index is 15.1. The number of ether oxygens (including phenoxy) is 4. The van der Waals surface area contributed by atoms with E-state index in [2.05, 4.69) is 26.8 Å². The topological polar surface area (TPSA) is 195 Å². The number of nitrogens with zero attached hydrogens (tertiary/aromatic N) is 3. The summed E-state index contributed by atoms with van der Waals surface area (Å²) in [5, 5.41) is 6.78. The van der Waals surface area contributed by atoms with Crippen molar-refractivity contribution >= 4 is 44.7 Å². The van der Waals surface area contributed by atoms with Gasteiger partial charge >= 0.3 is 6.09 Å². The van der Waals surface area contributed by atoms with Gasteiger partial charge in [-0.15, -0.1) is 6.58 Å². The number of morpholine rings is 1. The maximum atomic E-state index is 15.1. The highest BCUT2D eigenvalue weighted by molar-refractivity contribution is 7.91. The molecule has 16 nitrogen and oxygen atoms in total. The molecule has 7 unspecified atom stereocenters. The molecule has 3 aliphatic heterocycles. The van der Waals surface area contributed by atoms with Crippen LogP contribution in [0.5, 0.6) is 11.6 Å². The van der Waals surface area contributed by atoms with E-state index in [-0.39, 0.29) is 37.3 Å². The van der Waals surface area contributed by atoms with Crippen LogP contribution in [0.3, 0.4) is 0 Å². The van der Waals surface area contributed by atoms with Crippen LogP contribution in [0.25, 0.3) is 10.9 Å². The molecule has 3 N–H and O–H groups in total. The molecule has 6 fully saturated rings. The molecule has 64 heavy (non-hydrogen) atoms. The predicted molar refractivity (Wildman–Crippen MR) is 237 cm³/mol. The van der Waals surface area contributed by atoms with Crippen molar-refractivity contribution in [3.63, 3.8) is 0 Å². The molecule has 4 amide bonds. The molecular formula is C47H64N6O10S. The molecule has 9 rings (SSSR count). The second-order valence-electron chi connectivity index (χ2n) is 19.5. The Kier molecular flexibility index (Phi) is 12.9. The zero-order valence-electron chi connectivity index (χ0n) is 37.0. The zero-order valence-corrected chi connectivity index (χ0v) is 37.8. The van der Waals surface area contributed by atoms with Gasteiger partial charge in [0.15, 0.2) is 0 Å². The highest BCUT2D eigenvalue weighted by Crippen LogP contribution is 2.45. The maximum Gasteiger partial charge on any atom is 0.408 e. The third kappa shape index (κ3) is 9.17. The molecule has 17 heteroatoms. The lowest BCUT2D eigenvalue weighted by Crippen LogP contribution is -2.70. The first kappa shape index (κ1) is 44.7. The Morgan fingerprint density at radius 1 is 0.984 bits per heavy atom. The number of amides is 4. The van der Waals surface area contributed by atoms with Gasteiger partial charge < -0.3 is 34.5 Å². The van der Waals surface area contributed by atoms with E-state index in [0.717, 1.165) is 88.4 Å². The number of nitrogens with one attached hydrogen (secondary N) is 3. The number of carbonyl (C=O) groups is 4. The van der Waals surface area contributed by atoms with Crippen LogP contribution < -0.4 is 24.8 Å². The lowest BCUT2D eigenvalue weighted by Gasteiger charge is -2.47. The van der Waals surface area contributed by atoms with Gasteiger partial charge in [-0.25, -0.2) is 18.2 Å². The number of hydrogen-bond acceptors (Lipinski definition) is 12. The minimum atomic E-state index is -4.02. The number of rotatable bonds is 11. The average molecular weight is 905 g/mol. The third-order valence-corrected chi connectivity index (χ3v) is 17.3. The Labute approximate surface area is 376 Å². The van der Waals surface area contributed by atoms with E-state index in [4.69, 9.17) is 23.9 Å². The summed E-state index contributed by atoms with van der Waals surface area (Å²) in [6.45, 7) is 9.74. The molecular weight excluding hydrogens is 841 g/mol. The standard InChI is InChI=1S/C47H64N6O10S/c1-3-32-17-18-47(32,44(56)51-64(58,59)46(2)19-20-46)50-41(54)37-28-33-29-53(37)43(55)39(30-11-7-8-12-30)49-45(57)63-38-27-31(38)13-5-4-6-15-35-40(61-26-23-52-21-24-60-25-22-52)34-14-9-10-16-36(34)48-42(35)62-33/h3,9-10,14,16,30-33,37-39H,1,4-8,11-13,15,17-29H2,2H3,(H,49,57)(H,50,54)(H,51,56). The van der Waals surface area contributed by atoms with Crippen LogP contribution >= 0.6 is 0 Å². The number of carbonyl (C=O) groups excluding carboxylic acids is 4. The number of sulfonamides is 1. The molecule has 7 atom stereocenters. The van der Waals surface area contributed by atoms with Gasteiger partial charge in [0.1, 0.15) is 42.2 Å². The SMILES string of the molecule is C=CC1CCC1(NC(=O)C1CC2CN1C(=O)C(C1CCCC1)NC(=O)OC1CC1CCCCCc1c(nc3ccccc3c1OCCN1CCOCC1)O2)C(=O)NS(=O)(=O)C1(C)CC1. The van der Waals surface area contributed by atoms with E-state index in [1.165, 1.54) is 4.90 Å². The highest BCUT2D eigenvalue weighted by Gasteiger charge is 2.58. The molecule has 2 saturated heterocycles. The van der Waals surface area contributed by atoms with E-state index in [0.29, 0.717) is 62.7 Å². The molecule has 4 saturated carbocycles. The molecule has 348 valence electrons. The van der Waals surface area contributed by atoms with Crippen LogP contribution in [-0.2, 0) is 40.3 Å². The Bertz CT molecular complexity index is 2220. The summed E-state index contributed by atoms with van der Waals surface area (Å²) in [6, 6.07) is 5.74. The largest absolute Gasteiger partial charge is 0.491 e. The summed E-state index contributed by atoms with van der Waals surface area (Å²) in [6.07, 6.45) is 9.95. The number of pyridine rings is 1. The summed E-state index contributed by atoms with van der Waals surface area (Å²) in [5.74, 6) is -1.21. The van der Waals surface area contributed by atoms with Crippen molar-refractivity contribution < 1.29 is 46.5 Å². The van der Waals surface area contributed by atoms with Crippen LogP contribution in [0.15, 0.2) is 36.9 Å². The Hall–Kier alpha value is -4.48. The first-order valence-electron chi connectivity index (χ1n) is 23.7. The Morgan fingerprint density at radius 3 is 2.47 bits per heavy atom. The molecule has 4 heterocycles. The van der Waals surface area contributed by atoms with E-state index in [1.54, 1.807) is 13.0 Å². The fourth-order valence-electron chi connectivity index (χ4n) is 10.5. The number of aromatic nitrogens is 1. The van der Waals surface area contributed by atoms with Crippen molar-refractivity contribution in [2.75, 3.05) is 46.0 Å². The van der Waals surface area contributed by atoms with Gasteiger partial charge in [0.2, 0.25) is 27.7 Å². The predicted octanol–water partition coefficient (Wildman–Crippen LogP) is 4.53. The number of alkyl carbamates (subject to hydrolysis) is 1. The van der Waals surface area contributed by atoms with Crippen molar-refractivity contribution in [2.45, 2.75) is 138 Å². The first-order valence-corrected chi connectivity index (χ1v) is 25.2. The van der Waals surface area contributed by atoms with Crippen molar-refractivity contribution in [3.05, 3.63) is 42.5 Å². The monoisotopic (exact) mass is 904 g/mol. The quantitative estimate of drug-likeness (QED) is 0.267. The van der Waals surface area contributed by atoms with Crippen molar-refractivity contribution in [2.24, 2.45) is 17.8 Å². The van der Waals surface area contributed by atoms with Gasteiger partial charge in [0.25, 0.3) is 5.91 Å². The molecule has 1 aromatic heterocycles. The minimum absolute atomic E-state index is 0.000444. The number of hydrogen-bond donors (Lipinski definition) is 3. The molecule has 0 radical (unpaired) electrons. The second kappa shape index (κ2) is 18.4. The normalized spacial score (nSPS) is 31.1. The average Bonchev–Trinajstić information content (AvgIpc) is 4.06. The lowest BCUT2D eigenvalue weighted by molar-refractivity contribution is -0.145. The fourth-order valence-corrected chi connectivity index (χ4v) is 11.8. The van der Waals surface area contributed by atoms with Crippen LogP contribution in [0.1, 0.15) is 102 Å². The van der Waals surface area contributed by atoms with Gasteiger partial charge in [-0.05, 0) is 95.1 Å². The van der Waals surface area contributed by atoms with Crippen LogP contribution in [0, 0.1) is 17.8 Å². The summed E-state index contributed by atoms with van der Waals surface area (Å²) in [5.41, 5.74) is -0.0660. The summed E-state index contributed by atoms with van der Waals surface area (Å²) in [4.78, 5) is 66.4. The van der Waals surface area contributed by atoms with Gasteiger partial charge in [-0.3, -0.25) is 24.0 Å². The van der Waals surface area contributed by atoms with Crippen LogP contribution in [-0.4, -0.2) is 128 Å². The number of fused-ring (bicyclic) bond motifs is 5. The van der Waals surface area contributed by atoms with Gasteiger partial charge in [-0.2, -0.15) is 0 Å². The number of para-hydroxylation sites is 1. The van der Waals surface area contributed by atoms with E-state index < -0.39 is 68.2 Å². The zero-order chi connectivity index (χ0) is 44.6. The van der Waals surface area contributed by atoms with Gasteiger partial charge in [0.05, 0.1) is 35.6 Å². The lowest BCUT2D eigenvalue weighted by atomic mass is 9.66. The second-order valence-corrected chi connectivity index (χ2v) is 21.7.